The highest BCUT2D eigenvalue weighted by Gasteiger charge is 2.31. The monoisotopic (exact) mass is 393 g/mol. The molecule has 0 bridgehead atoms. The highest BCUT2D eigenvalue weighted by Crippen LogP contribution is 2.43. The molecule has 1 aliphatic rings. The van der Waals surface area contributed by atoms with Crippen molar-refractivity contribution >= 4 is 5.91 Å². The summed E-state index contributed by atoms with van der Waals surface area (Å²) < 4.78 is 12.5. The van der Waals surface area contributed by atoms with Gasteiger partial charge in [0.15, 0.2) is 17.2 Å². The molecular formula is C22H23N3O4. The number of hydrogen-bond donors (Lipinski definition) is 2. The number of methoxy groups -OCH3 is 2. The third-order valence-corrected chi connectivity index (χ3v) is 5.23. The van der Waals surface area contributed by atoms with Crippen LogP contribution in [-0.2, 0) is 13.5 Å². The van der Waals surface area contributed by atoms with Crippen LogP contribution in [0.25, 0.3) is 11.3 Å². The van der Waals surface area contributed by atoms with E-state index in [9.17, 15) is 9.90 Å². The van der Waals surface area contributed by atoms with Crippen molar-refractivity contribution in [3.63, 3.8) is 0 Å². The van der Waals surface area contributed by atoms with Crippen LogP contribution in [0.4, 0.5) is 0 Å². The molecule has 0 saturated carbocycles. The molecule has 7 heteroatoms. The van der Waals surface area contributed by atoms with E-state index in [0.717, 1.165) is 27.9 Å². The smallest absolute Gasteiger partial charge is 0.272 e. The SMILES string of the molecule is COc1cc2c(cc1OC)-c1c(c(C(=O)NC[C@@H](O)c3ccccc3)nn1C)C2. The molecule has 2 aromatic carbocycles. The van der Waals surface area contributed by atoms with Crippen molar-refractivity contribution in [3.8, 4) is 22.8 Å². The molecule has 2 N–H and O–H groups in total. The molecule has 0 radical (unpaired) electrons. The Morgan fingerprint density at radius 3 is 2.59 bits per heavy atom. The van der Waals surface area contributed by atoms with E-state index >= 15 is 0 Å². The second-order valence-electron chi connectivity index (χ2n) is 6.98. The van der Waals surface area contributed by atoms with Crippen LogP contribution in [0.1, 0.15) is 33.3 Å². The maximum absolute atomic E-state index is 12.8. The van der Waals surface area contributed by atoms with E-state index in [1.165, 1.54) is 0 Å². The van der Waals surface area contributed by atoms with Crippen molar-refractivity contribution in [2.45, 2.75) is 12.5 Å². The molecule has 29 heavy (non-hydrogen) atoms. The van der Waals surface area contributed by atoms with Crippen molar-refractivity contribution < 1.29 is 19.4 Å². The van der Waals surface area contributed by atoms with Crippen molar-refractivity contribution in [2.75, 3.05) is 20.8 Å². The zero-order valence-corrected chi connectivity index (χ0v) is 16.6. The Morgan fingerprint density at radius 2 is 1.90 bits per heavy atom. The van der Waals surface area contributed by atoms with Gasteiger partial charge in [0.25, 0.3) is 5.91 Å². The number of carbonyl (C=O) groups excluding carboxylic acids is 1. The number of hydrogen-bond acceptors (Lipinski definition) is 5. The van der Waals surface area contributed by atoms with Gasteiger partial charge in [-0.05, 0) is 23.3 Å². The lowest BCUT2D eigenvalue weighted by atomic mass is 10.1. The van der Waals surface area contributed by atoms with Gasteiger partial charge in [0.1, 0.15) is 0 Å². The van der Waals surface area contributed by atoms with Gasteiger partial charge in [-0.2, -0.15) is 5.10 Å². The maximum atomic E-state index is 12.8. The Hall–Kier alpha value is -3.32. The summed E-state index contributed by atoms with van der Waals surface area (Å²) in [6.07, 6.45) is -0.189. The predicted octanol–water partition coefficient (Wildman–Crippen LogP) is 2.47. The fourth-order valence-electron chi connectivity index (χ4n) is 3.80. The first kappa shape index (κ1) is 19.0. The lowest BCUT2D eigenvalue weighted by Gasteiger charge is -2.12. The van der Waals surface area contributed by atoms with E-state index in [4.69, 9.17) is 9.47 Å². The topological polar surface area (TPSA) is 85.6 Å². The van der Waals surface area contributed by atoms with Crippen LogP contribution in [0.15, 0.2) is 42.5 Å². The molecule has 0 fully saturated rings. The molecule has 3 aromatic rings. The highest BCUT2D eigenvalue weighted by molar-refractivity contribution is 5.97. The lowest BCUT2D eigenvalue weighted by molar-refractivity contribution is 0.0910. The lowest BCUT2D eigenvalue weighted by Crippen LogP contribution is -2.29. The van der Waals surface area contributed by atoms with Gasteiger partial charge in [0.05, 0.1) is 26.0 Å². The van der Waals surface area contributed by atoms with Crippen molar-refractivity contribution in [1.29, 1.82) is 0 Å². The standard InChI is InChI=1S/C22H23N3O4/c1-25-21-15-11-19(29-3)18(28-2)10-14(15)9-16(21)20(24-25)22(27)23-12-17(26)13-7-5-4-6-8-13/h4-8,10-11,17,26H,9,12H2,1-3H3,(H,23,27)/t17-/m1/s1. The Labute approximate surface area is 168 Å². The van der Waals surface area contributed by atoms with Gasteiger partial charge < -0.3 is 19.9 Å². The first-order valence-corrected chi connectivity index (χ1v) is 9.35. The Bertz CT molecular complexity index is 1060. The van der Waals surface area contributed by atoms with Crippen LogP contribution in [0.5, 0.6) is 11.5 Å². The third kappa shape index (κ3) is 3.34. The third-order valence-electron chi connectivity index (χ3n) is 5.23. The van der Waals surface area contributed by atoms with Gasteiger partial charge in [0, 0.05) is 31.1 Å². The molecule has 0 saturated heterocycles. The Kier molecular flexibility index (Phi) is 4.98. The minimum atomic E-state index is -0.775. The van der Waals surface area contributed by atoms with E-state index in [1.54, 1.807) is 18.9 Å². The quantitative estimate of drug-likeness (QED) is 0.526. The number of aryl methyl sites for hydroxylation is 1. The number of carbonyl (C=O) groups is 1. The molecule has 0 unspecified atom stereocenters. The second-order valence-corrected chi connectivity index (χ2v) is 6.98. The number of nitrogens with zero attached hydrogens (tertiary/aromatic N) is 2. The zero-order valence-electron chi connectivity index (χ0n) is 16.6. The normalized spacial score (nSPS) is 12.8. The number of aromatic nitrogens is 2. The van der Waals surface area contributed by atoms with Crippen molar-refractivity contribution in [3.05, 3.63) is 64.8 Å². The molecule has 1 heterocycles. The number of amides is 1. The summed E-state index contributed by atoms with van der Waals surface area (Å²) in [7, 11) is 5.02. The molecule has 1 atom stereocenters. The predicted molar refractivity (Wildman–Crippen MR) is 108 cm³/mol. The van der Waals surface area contributed by atoms with Gasteiger partial charge in [-0.1, -0.05) is 30.3 Å². The summed E-state index contributed by atoms with van der Waals surface area (Å²) in [6.45, 7) is 0.114. The molecule has 7 nitrogen and oxygen atoms in total. The van der Waals surface area contributed by atoms with E-state index < -0.39 is 6.10 Å². The molecule has 0 spiro atoms. The summed E-state index contributed by atoms with van der Waals surface area (Å²) in [4.78, 5) is 12.8. The Balaban J connectivity index is 1.58. The summed E-state index contributed by atoms with van der Waals surface area (Å²) in [6, 6.07) is 13.1. The molecule has 1 amide bonds. The zero-order chi connectivity index (χ0) is 20.5. The van der Waals surface area contributed by atoms with Crippen LogP contribution in [0.3, 0.4) is 0 Å². The van der Waals surface area contributed by atoms with Crippen LogP contribution < -0.4 is 14.8 Å². The number of fused-ring (bicyclic) bond motifs is 3. The first-order chi connectivity index (χ1) is 14.0. The molecule has 1 aromatic heterocycles. The van der Waals surface area contributed by atoms with Gasteiger partial charge in [0.2, 0.25) is 0 Å². The average molecular weight is 393 g/mol. The van der Waals surface area contributed by atoms with Gasteiger partial charge >= 0.3 is 0 Å². The van der Waals surface area contributed by atoms with Crippen LogP contribution in [-0.4, -0.2) is 41.6 Å². The molecule has 150 valence electrons. The van der Waals surface area contributed by atoms with Crippen LogP contribution >= 0.6 is 0 Å². The summed E-state index contributed by atoms with van der Waals surface area (Å²) in [5.41, 5.74) is 4.93. The number of benzene rings is 2. The number of rotatable bonds is 6. The first-order valence-electron chi connectivity index (χ1n) is 9.35. The summed E-state index contributed by atoms with van der Waals surface area (Å²) >= 11 is 0. The van der Waals surface area contributed by atoms with Gasteiger partial charge in [-0.3, -0.25) is 9.48 Å². The van der Waals surface area contributed by atoms with Crippen LogP contribution in [0, 0.1) is 0 Å². The molecular weight excluding hydrogens is 370 g/mol. The van der Waals surface area contributed by atoms with Gasteiger partial charge in [-0.15, -0.1) is 0 Å². The number of ether oxygens (including phenoxy) is 2. The highest BCUT2D eigenvalue weighted by atomic mass is 16.5. The van der Waals surface area contributed by atoms with Crippen LogP contribution in [0.2, 0.25) is 0 Å². The number of aliphatic hydroxyl groups excluding tert-OH is 1. The van der Waals surface area contributed by atoms with E-state index in [0.29, 0.717) is 23.6 Å². The van der Waals surface area contributed by atoms with Crippen molar-refractivity contribution in [1.82, 2.24) is 15.1 Å². The summed E-state index contributed by atoms with van der Waals surface area (Å²) in [5.74, 6) is 0.991. The van der Waals surface area contributed by atoms with Gasteiger partial charge in [-0.25, -0.2) is 0 Å². The minimum absolute atomic E-state index is 0.114. The maximum Gasteiger partial charge on any atom is 0.272 e. The average Bonchev–Trinajstić information content (AvgIpc) is 3.28. The van der Waals surface area contributed by atoms with E-state index in [1.807, 2.05) is 49.5 Å². The van der Waals surface area contributed by atoms with E-state index in [-0.39, 0.29) is 12.5 Å². The molecule has 4 rings (SSSR count). The summed E-state index contributed by atoms with van der Waals surface area (Å²) in [5, 5.41) is 17.5. The largest absolute Gasteiger partial charge is 0.493 e. The van der Waals surface area contributed by atoms with Crippen molar-refractivity contribution in [2.24, 2.45) is 7.05 Å². The number of nitrogens with one attached hydrogen (secondary N) is 1. The fraction of sp³-hybridized carbons (Fsp3) is 0.273. The molecule has 1 aliphatic carbocycles. The Morgan fingerprint density at radius 1 is 1.21 bits per heavy atom. The number of aliphatic hydroxyl groups is 1. The fourth-order valence-corrected chi connectivity index (χ4v) is 3.80. The van der Waals surface area contributed by atoms with E-state index in [2.05, 4.69) is 10.4 Å². The molecule has 0 aliphatic heterocycles. The second kappa shape index (κ2) is 7.60. The minimum Gasteiger partial charge on any atom is -0.493 e.